The molecule has 1 rings (SSSR count). The second-order valence-electron chi connectivity index (χ2n) is 6.34. The molecule has 0 aliphatic heterocycles. The third kappa shape index (κ3) is 2.47. The van der Waals surface area contributed by atoms with Gasteiger partial charge in [0, 0.05) is 0 Å². The standard InChI is InChI=1S/C10H21NOSi2/c1-13(2,3)9-7-10(9,8-11)12-14(4,5)6/h9H,7H2,1-6H3. The van der Waals surface area contributed by atoms with Crippen LogP contribution in [-0.2, 0) is 4.43 Å². The molecule has 2 unspecified atom stereocenters. The molecule has 1 aliphatic carbocycles. The average Bonchev–Trinajstić information content (AvgIpc) is 2.59. The van der Waals surface area contributed by atoms with Gasteiger partial charge in [0.25, 0.3) is 0 Å². The van der Waals surface area contributed by atoms with Gasteiger partial charge in [-0.25, -0.2) is 0 Å². The molecule has 0 spiro atoms. The van der Waals surface area contributed by atoms with Crippen LogP contribution in [0.5, 0.6) is 0 Å². The summed E-state index contributed by atoms with van der Waals surface area (Å²) in [6.45, 7) is 13.4. The monoisotopic (exact) mass is 227 g/mol. The molecule has 4 heteroatoms. The number of nitrogens with zero attached hydrogens (tertiary/aromatic N) is 1. The van der Waals surface area contributed by atoms with Crippen molar-refractivity contribution >= 4 is 16.4 Å². The summed E-state index contributed by atoms with van der Waals surface area (Å²) in [5.41, 5.74) is 0.154. The van der Waals surface area contributed by atoms with E-state index in [1.807, 2.05) is 0 Å². The lowest BCUT2D eigenvalue weighted by Crippen LogP contribution is -2.36. The molecular weight excluding hydrogens is 206 g/mol. The summed E-state index contributed by atoms with van der Waals surface area (Å²) in [7, 11) is -2.78. The van der Waals surface area contributed by atoms with Crippen molar-refractivity contribution in [2.24, 2.45) is 0 Å². The minimum Gasteiger partial charge on any atom is -0.400 e. The van der Waals surface area contributed by atoms with Crippen molar-refractivity contribution in [2.45, 2.75) is 56.8 Å². The molecule has 1 saturated carbocycles. The maximum atomic E-state index is 9.22. The molecule has 0 bridgehead atoms. The van der Waals surface area contributed by atoms with Gasteiger partial charge in [-0.05, 0) is 31.6 Å². The smallest absolute Gasteiger partial charge is 0.185 e. The molecule has 14 heavy (non-hydrogen) atoms. The molecule has 2 nitrogen and oxygen atoms in total. The van der Waals surface area contributed by atoms with Crippen LogP contribution >= 0.6 is 0 Å². The van der Waals surface area contributed by atoms with Crippen molar-refractivity contribution in [3.8, 4) is 6.07 Å². The first-order valence-electron chi connectivity index (χ1n) is 5.22. The van der Waals surface area contributed by atoms with Gasteiger partial charge >= 0.3 is 0 Å². The van der Waals surface area contributed by atoms with Crippen molar-refractivity contribution in [3.05, 3.63) is 0 Å². The lowest BCUT2D eigenvalue weighted by molar-refractivity contribution is 0.228. The van der Waals surface area contributed by atoms with E-state index in [4.69, 9.17) is 4.43 Å². The van der Waals surface area contributed by atoms with Crippen LogP contribution in [0.1, 0.15) is 6.42 Å². The first kappa shape index (κ1) is 12.0. The Morgan fingerprint density at radius 1 is 1.21 bits per heavy atom. The van der Waals surface area contributed by atoms with E-state index >= 15 is 0 Å². The molecule has 0 amide bonds. The SMILES string of the molecule is C[Si](C)(C)OC1(C#N)CC1[Si](C)(C)C. The molecule has 2 atom stereocenters. The topological polar surface area (TPSA) is 33.0 Å². The summed E-state index contributed by atoms with van der Waals surface area (Å²) in [5.74, 6) is 0. The van der Waals surface area contributed by atoms with Gasteiger partial charge in [-0.15, -0.1) is 0 Å². The Kier molecular flexibility index (Phi) is 2.72. The molecule has 0 aromatic carbocycles. The highest BCUT2D eigenvalue weighted by Crippen LogP contribution is 2.58. The molecule has 1 fully saturated rings. The number of rotatable bonds is 3. The van der Waals surface area contributed by atoms with Crippen molar-refractivity contribution in [1.29, 1.82) is 5.26 Å². The van der Waals surface area contributed by atoms with Crippen LogP contribution in [-0.4, -0.2) is 22.0 Å². The predicted molar refractivity (Wildman–Crippen MR) is 64.5 cm³/mol. The van der Waals surface area contributed by atoms with Gasteiger partial charge in [0.1, 0.15) is 5.60 Å². The molecule has 0 heterocycles. The Bertz CT molecular complexity index is 271. The number of nitriles is 1. The zero-order chi connectivity index (χ0) is 11.2. The summed E-state index contributed by atoms with van der Waals surface area (Å²) in [6.07, 6.45) is 0.976. The van der Waals surface area contributed by atoms with Crippen LogP contribution in [0.15, 0.2) is 0 Å². The van der Waals surface area contributed by atoms with Crippen molar-refractivity contribution in [2.75, 3.05) is 0 Å². The Hall–Kier alpha value is -0.116. The van der Waals surface area contributed by atoms with Gasteiger partial charge in [0.15, 0.2) is 8.32 Å². The summed E-state index contributed by atoms with van der Waals surface area (Å²) in [4.78, 5) is 0. The van der Waals surface area contributed by atoms with Gasteiger partial charge < -0.3 is 4.43 Å². The Morgan fingerprint density at radius 3 is 1.93 bits per heavy atom. The molecule has 0 saturated heterocycles. The van der Waals surface area contributed by atoms with Gasteiger partial charge in [0.05, 0.1) is 14.1 Å². The first-order valence-corrected chi connectivity index (χ1v) is 12.2. The summed E-state index contributed by atoms with van der Waals surface area (Å²) < 4.78 is 6.04. The fourth-order valence-electron chi connectivity index (χ4n) is 2.06. The quantitative estimate of drug-likeness (QED) is 0.694. The third-order valence-electron chi connectivity index (χ3n) is 2.63. The zero-order valence-electron chi connectivity index (χ0n) is 10.1. The lowest BCUT2D eigenvalue weighted by atomic mass is 10.4. The fraction of sp³-hybridized carbons (Fsp3) is 0.900. The molecule has 0 N–H and O–H groups in total. The third-order valence-corrected chi connectivity index (χ3v) is 6.37. The van der Waals surface area contributed by atoms with E-state index in [0.717, 1.165) is 6.42 Å². The molecule has 80 valence electrons. The van der Waals surface area contributed by atoms with E-state index < -0.39 is 22.0 Å². The average molecular weight is 227 g/mol. The number of hydrogen-bond acceptors (Lipinski definition) is 2. The second-order valence-corrected chi connectivity index (χ2v) is 16.2. The maximum absolute atomic E-state index is 9.22. The van der Waals surface area contributed by atoms with Crippen molar-refractivity contribution < 1.29 is 4.43 Å². The van der Waals surface area contributed by atoms with E-state index in [2.05, 4.69) is 45.4 Å². The minimum absolute atomic E-state index is 0.394. The summed E-state index contributed by atoms with van der Waals surface area (Å²) in [6, 6.07) is 2.41. The van der Waals surface area contributed by atoms with E-state index in [-0.39, 0.29) is 0 Å². The highest BCUT2D eigenvalue weighted by atomic mass is 28.4. The zero-order valence-corrected chi connectivity index (χ0v) is 12.1. The molecular formula is C10H21NOSi2. The molecule has 0 aromatic rings. The number of hydrogen-bond donors (Lipinski definition) is 0. The minimum atomic E-state index is -1.57. The Labute approximate surface area is 89.4 Å². The molecule has 0 aromatic heterocycles. The molecule has 1 aliphatic rings. The van der Waals surface area contributed by atoms with Crippen LogP contribution in [0.4, 0.5) is 0 Å². The normalized spacial score (nSPS) is 32.5. The maximum Gasteiger partial charge on any atom is 0.185 e. The van der Waals surface area contributed by atoms with E-state index in [0.29, 0.717) is 5.54 Å². The van der Waals surface area contributed by atoms with E-state index in [1.165, 1.54) is 0 Å². The highest BCUT2D eigenvalue weighted by molar-refractivity contribution is 6.79. The first-order chi connectivity index (χ1) is 6.11. The molecule has 0 radical (unpaired) electrons. The Morgan fingerprint density at radius 2 is 1.71 bits per heavy atom. The van der Waals surface area contributed by atoms with Gasteiger partial charge in [-0.2, -0.15) is 5.26 Å². The van der Waals surface area contributed by atoms with E-state index in [1.54, 1.807) is 0 Å². The van der Waals surface area contributed by atoms with Crippen molar-refractivity contribution in [3.63, 3.8) is 0 Å². The van der Waals surface area contributed by atoms with Crippen LogP contribution in [0.3, 0.4) is 0 Å². The largest absolute Gasteiger partial charge is 0.400 e. The Balaban J connectivity index is 2.73. The lowest BCUT2D eigenvalue weighted by Gasteiger charge is -2.25. The van der Waals surface area contributed by atoms with Crippen LogP contribution in [0.2, 0.25) is 44.8 Å². The van der Waals surface area contributed by atoms with Gasteiger partial charge in [0.2, 0.25) is 0 Å². The summed E-state index contributed by atoms with van der Waals surface area (Å²) in [5, 5.41) is 9.22. The van der Waals surface area contributed by atoms with Crippen LogP contribution in [0, 0.1) is 11.3 Å². The van der Waals surface area contributed by atoms with Crippen LogP contribution in [0.25, 0.3) is 0 Å². The van der Waals surface area contributed by atoms with Gasteiger partial charge in [-0.3, -0.25) is 0 Å². The van der Waals surface area contributed by atoms with Gasteiger partial charge in [-0.1, -0.05) is 19.6 Å². The highest BCUT2D eigenvalue weighted by Gasteiger charge is 2.62. The second kappa shape index (κ2) is 3.19. The predicted octanol–water partition coefficient (Wildman–Crippen LogP) is 3.21. The van der Waals surface area contributed by atoms with Crippen LogP contribution < -0.4 is 0 Å². The summed E-state index contributed by atoms with van der Waals surface area (Å²) >= 11 is 0. The fourth-order valence-corrected chi connectivity index (χ4v) is 5.98. The van der Waals surface area contributed by atoms with E-state index in [9.17, 15) is 5.26 Å². The van der Waals surface area contributed by atoms with Crippen molar-refractivity contribution in [1.82, 2.24) is 0 Å².